The van der Waals surface area contributed by atoms with Crippen LogP contribution in [0.25, 0.3) is 0 Å². The van der Waals surface area contributed by atoms with Gasteiger partial charge in [0.25, 0.3) is 0 Å². The zero-order chi connectivity index (χ0) is 9.26. The third-order valence-corrected chi connectivity index (χ3v) is 2.60. The second kappa shape index (κ2) is 3.35. The van der Waals surface area contributed by atoms with Crippen LogP contribution in [0, 0.1) is 0 Å². The quantitative estimate of drug-likeness (QED) is 0.501. The number of hydrogen-bond donors (Lipinski definition) is 0. The van der Waals surface area contributed by atoms with Gasteiger partial charge >= 0.3 is 0 Å². The molecule has 13 heavy (non-hydrogen) atoms. The van der Waals surface area contributed by atoms with Crippen LogP contribution in [0.3, 0.4) is 0 Å². The van der Waals surface area contributed by atoms with Crippen molar-refractivity contribution in [1.82, 2.24) is 4.90 Å². The lowest BCUT2D eigenvalue weighted by molar-refractivity contribution is 0.631. The monoisotopic (exact) mass is 173 g/mol. The molecular formula is C12H15N. The van der Waals surface area contributed by atoms with E-state index in [2.05, 4.69) is 42.8 Å². The zero-order valence-corrected chi connectivity index (χ0v) is 8.03. The van der Waals surface area contributed by atoms with Crippen LogP contribution in [0.2, 0.25) is 0 Å². The lowest BCUT2D eigenvalue weighted by atomic mass is 10.1. The Morgan fingerprint density at radius 2 is 2.08 bits per heavy atom. The number of hydrogen-bond acceptors (Lipinski definition) is 1. The predicted molar refractivity (Wildman–Crippen MR) is 55.7 cm³/mol. The van der Waals surface area contributed by atoms with E-state index in [1.807, 2.05) is 6.08 Å². The van der Waals surface area contributed by atoms with E-state index in [4.69, 9.17) is 0 Å². The Balaban J connectivity index is 2.09. The minimum Gasteiger partial charge on any atom is -0.296 e. The predicted octanol–water partition coefficient (Wildman–Crippen LogP) is 2.40. The Kier molecular flexibility index (Phi) is 2.19. The molecule has 0 aliphatic carbocycles. The van der Waals surface area contributed by atoms with E-state index >= 15 is 0 Å². The lowest BCUT2D eigenvalue weighted by Gasteiger charge is -2.00. The van der Waals surface area contributed by atoms with E-state index in [9.17, 15) is 0 Å². The number of rotatable bonds is 3. The molecule has 1 aromatic rings. The van der Waals surface area contributed by atoms with Gasteiger partial charge in [-0.2, -0.15) is 0 Å². The first-order chi connectivity index (χ1) is 6.31. The fourth-order valence-electron chi connectivity index (χ4n) is 1.63. The molecule has 1 aliphatic rings. The molecule has 2 rings (SSSR count). The minimum atomic E-state index is 0.679. The molecule has 1 saturated heterocycles. The Morgan fingerprint density at radius 3 is 2.54 bits per heavy atom. The van der Waals surface area contributed by atoms with Gasteiger partial charge in [0.2, 0.25) is 0 Å². The molecule has 2 atom stereocenters. The molecule has 0 bridgehead atoms. The van der Waals surface area contributed by atoms with Crippen molar-refractivity contribution in [1.29, 1.82) is 0 Å². The fourth-order valence-corrected chi connectivity index (χ4v) is 1.63. The molecule has 0 aromatic heterocycles. The topological polar surface area (TPSA) is 3.01 Å². The molecule has 1 aliphatic heterocycles. The summed E-state index contributed by atoms with van der Waals surface area (Å²) in [5, 5.41) is 0. The first-order valence-corrected chi connectivity index (χ1v) is 4.71. The number of allylic oxidation sites excluding steroid dienone is 1. The normalized spacial score (nSPS) is 25.6. The molecule has 2 unspecified atom stereocenters. The van der Waals surface area contributed by atoms with Crippen molar-refractivity contribution in [3.8, 4) is 0 Å². The fraction of sp³-hybridized carbons (Fsp3) is 0.333. The van der Waals surface area contributed by atoms with Crippen molar-refractivity contribution < 1.29 is 0 Å². The molecule has 68 valence electrons. The van der Waals surface area contributed by atoms with Crippen LogP contribution in [-0.4, -0.2) is 18.5 Å². The summed E-state index contributed by atoms with van der Waals surface area (Å²) < 4.78 is 0. The number of nitrogens with zero attached hydrogens (tertiary/aromatic N) is 1. The Morgan fingerprint density at radius 1 is 1.46 bits per heavy atom. The third-order valence-electron chi connectivity index (χ3n) is 2.60. The standard InChI is InChI=1S/C12H15N/c1-3-4-10-5-7-11(8-6-10)12-9-13(12)2/h3,5-8,12H,1,4,9H2,2H3. The summed E-state index contributed by atoms with van der Waals surface area (Å²) in [5.74, 6) is 0. The van der Waals surface area contributed by atoms with E-state index in [1.165, 1.54) is 17.7 Å². The van der Waals surface area contributed by atoms with Gasteiger partial charge in [-0.1, -0.05) is 30.3 Å². The highest BCUT2D eigenvalue weighted by molar-refractivity contribution is 5.28. The maximum absolute atomic E-state index is 3.73. The van der Waals surface area contributed by atoms with Crippen LogP contribution in [0.1, 0.15) is 17.2 Å². The summed E-state index contributed by atoms with van der Waals surface area (Å²) >= 11 is 0. The first-order valence-electron chi connectivity index (χ1n) is 4.71. The van der Waals surface area contributed by atoms with Gasteiger partial charge in [-0.05, 0) is 24.6 Å². The average Bonchev–Trinajstić information content (AvgIpc) is 2.85. The van der Waals surface area contributed by atoms with E-state index in [0.717, 1.165) is 6.42 Å². The van der Waals surface area contributed by atoms with Crippen LogP contribution >= 0.6 is 0 Å². The summed E-state index contributed by atoms with van der Waals surface area (Å²) in [6.07, 6.45) is 2.92. The SMILES string of the molecule is C=CCc1ccc(C2CN2C)cc1. The largest absolute Gasteiger partial charge is 0.296 e. The van der Waals surface area contributed by atoms with E-state index in [-0.39, 0.29) is 0 Å². The van der Waals surface area contributed by atoms with Crippen LogP contribution in [0.4, 0.5) is 0 Å². The molecule has 1 aromatic carbocycles. The second-order valence-electron chi connectivity index (χ2n) is 3.69. The van der Waals surface area contributed by atoms with Gasteiger partial charge in [-0.3, -0.25) is 4.90 Å². The Labute approximate surface area is 79.7 Å². The molecule has 0 radical (unpaired) electrons. The zero-order valence-electron chi connectivity index (χ0n) is 8.03. The van der Waals surface area contributed by atoms with Crippen molar-refractivity contribution in [2.45, 2.75) is 12.5 Å². The molecule has 0 saturated carbocycles. The smallest absolute Gasteiger partial charge is 0.0473 e. The highest BCUT2D eigenvalue weighted by atomic mass is 15.3. The average molecular weight is 173 g/mol. The summed E-state index contributed by atoms with van der Waals surface area (Å²) in [6, 6.07) is 9.53. The Hall–Kier alpha value is -1.08. The molecule has 0 spiro atoms. The van der Waals surface area contributed by atoms with Gasteiger partial charge in [-0.15, -0.1) is 6.58 Å². The second-order valence-corrected chi connectivity index (χ2v) is 3.69. The maximum Gasteiger partial charge on any atom is 0.0473 e. The molecule has 1 fully saturated rings. The van der Waals surface area contributed by atoms with Gasteiger partial charge in [0, 0.05) is 12.6 Å². The molecule has 0 N–H and O–H groups in total. The van der Waals surface area contributed by atoms with Gasteiger partial charge in [0.15, 0.2) is 0 Å². The Bertz CT molecular complexity index is 299. The summed E-state index contributed by atoms with van der Waals surface area (Å²) in [5.41, 5.74) is 2.79. The molecule has 1 heteroatoms. The van der Waals surface area contributed by atoms with E-state index < -0.39 is 0 Å². The number of likely N-dealkylation sites (N-methyl/N-ethyl adjacent to an activating group) is 1. The minimum absolute atomic E-state index is 0.679. The molecule has 0 amide bonds. The van der Waals surface area contributed by atoms with Gasteiger partial charge in [0.1, 0.15) is 0 Å². The third kappa shape index (κ3) is 1.81. The number of benzene rings is 1. The van der Waals surface area contributed by atoms with Gasteiger partial charge in [0.05, 0.1) is 0 Å². The molecule has 1 nitrogen and oxygen atoms in total. The van der Waals surface area contributed by atoms with Crippen LogP contribution in [0.15, 0.2) is 36.9 Å². The van der Waals surface area contributed by atoms with Gasteiger partial charge in [-0.25, -0.2) is 0 Å². The van der Waals surface area contributed by atoms with Crippen LogP contribution in [0.5, 0.6) is 0 Å². The lowest BCUT2D eigenvalue weighted by Crippen LogP contribution is -1.88. The van der Waals surface area contributed by atoms with Crippen molar-refractivity contribution >= 4 is 0 Å². The van der Waals surface area contributed by atoms with E-state index in [0.29, 0.717) is 6.04 Å². The first kappa shape index (κ1) is 8.52. The van der Waals surface area contributed by atoms with Crippen molar-refractivity contribution in [2.24, 2.45) is 0 Å². The molecular weight excluding hydrogens is 158 g/mol. The summed E-state index contributed by atoms with van der Waals surface area (Å²) in [6.45, 7) is 4.94. The van der Waals surface area contributed by atoms with Gasteiger partial charge < -0.3 is 0 Å². The molecule has 1 heterocycles. The van der Waals surface area contributed by atoms with Crippen LogP contribution < -0.4 is 0 Å². The van der Waals surface area contributed by atoms with Crippen molar-refractivity contribution in [3.05, 3.63) is 48.0 Å². The van der Waals surface area contributed by atoms with Crippen molar-refractivity contribution in [2.75, 3.05) is 13.6 Å². The highest BCUT2D eigenvalue weighted by Gasteiger charge is 2.30. The van der Waals surface area contributed by atoms with Crippen LogP contribution in [-0.2, 0) is 6.42 Å². The van der Waals surface area contributed by atoms with Crippen molar-refractivity contribution in [3.63, 3.8) is 0 Å². The van der Waals surface area contributed by atoms with E-state index in [1.54, 1.807) is 0 Å². The maximum atomic E-state index is 3.73. The summed E-state index contributed by atoms with van der Waals surface area (Å²) in [7, 11) is 2.16. The summed E-state index contributed by atoms with van der Waals surface area (Å²) in [4.78, 5) is 2.34. The highest BCUT2D eigenvalue weighted by Crippen LogP contribution is 2.32.